The van der Waals surface area contributed by atoms with Gasteiger partial charge in [0, 0.05) is 0 Å². The summed E-state index contributed by atoms with van der Waals surface area (Å²) in [6, 6.07) is 0. The molecule has 0 aliphatic rings. The normalized spacial score (nSPS) is 12.9. The summed E-state index contributed by atoms with van der Waals surface area (Å²) >= 11 is 0. The molecule has 0 amide bonds. The van der Waals surface area contributed by atoms with E-state index in [9.17, 15) is 5.11 Å². The number of fused-ring (bicyclic) bond motifs is 1. The Morgan fingerprint density at radius 2 is 1.79 bits per heavy atom. The zero-order valence-electron chi connectivity index (χ0n) is 11.4. The molecule has 2 aromatic heterocycles. The molecule has 0 spiro atoms. The van der Waals surface area contributed by atoms with Gasteiger partial charge in [0.1, 0.15) is 0 Å². The molecule has 0 saturated heterocycles. The summed E-state index contributed by atoms with van der Waals surface area (Å²) in [4.78, 5) is 16.7. The highest BCUT2D eigenvalue weighted by molar-refractivity contribution is 5.77. The Labute approximate surface area is 110 Å². The first kappa shape index (κ1) is 13.4. The Hall–Kier alpha value is -2.02. The van der Waals surface area contributed by atoms with Gasteiger partial charge in [0.05, 0.1) is 23.6 Å². The van der Waals surface area contributed by atoms with Gasteiger partial charge in [-0.15, -0.1) is 0 Å². The predicted molar refractivity (Wildman–Crippen MR) is 70.7 cm³/mol. The van der Waals surface area contributed by atoms with Gasteiger partial charge in [-0.2, -0.15) is 9.97 Å². The quantitative estimate of drug-likeness (QED) is 0.855. The molecule has 1 atom stereocenters. The van der Waals surface area contributed by atoms with Crippen LogP contribution >= 0.6 is 0 Å². The number of aliphatic hydroxyl groups excluding tert-OH is 1. The Morgan fingerprint density at radius 1 is 1.11 bits per heavy atom. The summed E-state index contributed by atoms with van der Waals surface area (Å²) in [6.45, 7) is 7.14. The van der Waals surface area contributed by atoms with Gasteiger partial charge >= 0.3 is 0 Å². The molecule has 2 rings (SSSR count). The van der Waals surface area contributed by atoms with E-state index in [-0.39, 0.29) is 17.9 Å². The number of nitrogens with two attached hydrogens (primary N) is 1. The maximum atomic E-state index is 9.68. The average molecular weight is 263 g/mol. The van der Waals surface area contributed by atoms with Crippen molar-refractivity contribution in [3.8, 4) is 5.88 Å². The maximum Gasteiger partial charge on any atom is 0.247 e. The van der Waals surface area contributed by atoms with E-state index in [1.165, 1.54) is 0 Å². The predicted octanol–water partition coefficient (Wildman–Crippen LogP) is 1.15. The van der Waals surface area contributed by atoms with Crippen LogP contribution in [0.2, 0.25) is 0 Å². The number of anilines is 1. The molecule has 7 heteroatoms. The van der Waals surface area contributed by atoms with E-state index in [0.717, 1.165) is 0 Å². The van der Waals surface area contributed by atoms with E-state index < -0.39 is 6.10 Å². The van der Waals surface area contributed by atoms with Crippen molar-refractivity contribution < 1.29 is 9.84 Å². The lowest BCUT2D eigenvalue weighted by molar-refractivity contribution is 0.193. The fourth-order valence-electron chi connectivity index (χ4n) is 1.73. The van der Waals surface area contributed by atoms with E-state index in [1.807, 2.05) is 13.8 Å². The third-order valence-electron chi connectivity index (χ3n) is 2.47. The van der Waals surface area contributed by atoms with Gasteiger partial charge in [0.25, 0.3) is 0 Å². The second kappa shape index (κ2) is 4.93. The lowest BCUT2D eigenvalue weighted by Gasteiger charge is -2.13. The van der Waals surface area contributed by atoms with Crippen LogP contribution in [-0.4, -0.2) is 31.1 Å². The third-order valence-corrected chi connectivity index (χ3v) is 2.47. The maximum absolute atomic E-state index is 9.68. The molecule has 0 fully saturated rings. The number of ether oxygens (including phenoxy) is 1. The number of nitrogens with zero attached hydrogens (tertiary/aromatic N) is 4. The van der Waals surface area contributed by atoms with Crippen molar-refractivity contribution in [2.45, 2.75) is 39.9 Å². The molecule has 0 radical (unpaired) electrons. The molecule has 0 saturated carbocycles. The van der Waals surface area contributed by atoms with Crippen molar-refractivity contribution in [3.63, 3.8) is 0 Å². The van der Waals surface area contributed by atoms with E-state index in [1.54, 1.807) is 13.8 Å². The molecule has 0 aliphatic heterocycles. The van der Waals surface area contributed by atoms with Crippen LogP contribution in [0.25, 0.3) is 11.2 Å². The Bertz CT molecular complexity index is 613. The summed E-state index contributed by atoms with van der Waals surface area (Å²) in [5.41, 5.74) is 7.49. The molecular weight excluding hydrogens is 246 g/mol. The van der Waals surface area contributed by atoms with E-state index >= 15 is 0 Å². The lowest BCUT2D eigenvalue weighted by Crippen LogP contribution is -2.12. The largest absolute Gasteiger partial charge is 0.473 e. The highest BCUT2D eigenvalue weighted by Crippen LogP contribution is 2.24. The minimum absolute atomic E-state index is 0.0735. The minimum atomic E-state index is -0.721. The first-order valence-electron chi connectivity index (χ1n) is 6.05. The number of aryl methyl sites for hydroxylation is 1. The van der Waals surface area contributed by atoms with Crippen LogP contribution in [0, 0.1) is 6.92 Å². The van der Waals surface area contributed by atoms with E-state index in [4.69, 9.17) is 10.5 Å². The SMILES string of the molecule is Cc1nc2nc(N)nc(OC(C)C)c2nc1C(C)O. The van der Waals surface area contributed by atoms with Crippen LogP contribution < -0.4 is 10.5 Å². The molecule has 3 N–H and O–H groups in total. The Morgan fingerprint density at radius 3 is 2.37 bits per heavy atom. The van der Waals surface area contributed by atoms with Gasteiger partial charge in [0.2, 0.25) is 11.8 Å². The van der Waals surface area contributed by atoms with E-state index in [0.29, 0.717) is 22.6 Å². The zero-order chi connectivity index (χ0) is 14.2. The number of hydrogen-bond acceptors (Lipinski definition) is 7. The fourth-order valence-corrected chi connectivity index (χ4v) is 1.73. The van der Waals surface area contributed by atoms with Crippen molar-refractivity contribution >= 4 is 17.1 Å². The summed E-state index contributed by atoms with van der Waals surface area (Å²) in [5, 5.41) is 9.68. The second-order valence-electron chi connectivity index (χ2n) is 4.60. The monoisotopic (exact) mass is 263 g/mol. The Balaban J connectivity index is 2.70. The Kier molecular flexibility index (Phi) is 3.48. The summed E-state index contributed by atoms with van der Waals surface area (Å²) in [6.07, 6.45) is -0.794. The molecule has 102 valence electrons. The zero-order valence-corrected chi connectivity index (χ0v) is 11.4. The molecular formula is C12H17N5O2. The van der Waals surface area contributed by atoms with Gasteiger partial charge in [-0.05, 0) is 27.7 Å². The first-order valence-corrected chi connectivity index (χ1v) is 6.05. The molecule has 2 aromatic rings. The first-order chi connectivity index (χ1) is 8.88. The number of aliphatic hydroxyl groups is 1. The van der Waals surface area contributed by atoms with Gasteiger partial charge in [0.15, 0.2) is 11.2 Å². The van der Waals surface area contributed by atoms with Gasteiger partial charge in [-0.3, -0.25) is 0 Å². The third kappa shape index (κ3) is 2.70. The average Bonchev–Trinajstić information content (AvgIpc) is 2.26. The van der Waals surface area contributed by atoms with E-state index in [2.05, 4.69) is 19.9 Å². The summed E-state index contributed by atoms with van der Waals surface area (Å²) in [5.74, 6) is 0.369. The van der Waals surface area contributed by atoms with Crippen molar-refractivity contribution in [2.24, 2.45) is 0 Å². The van der Waals surface area contributed by atoms with Crippen LogP contribution in [0.5, 0.6) is 5.88 Å². The highest BCUT2D eigenvalue weighted by Gasteiger charge is 2.16. The van der Waals surface area contributed by atoms with Crippen molar-refractivity contribution in [3.05, 3.63) is 11.4 Å². The van der Waals surface area contributed by atoms with Crippen LogP contribution in [0.4, 0.5) is 5.95 Å². The van der Waals surface area contributed by atoms with Crippen molar-refractivity contribution in [1.29, 1.82) is 0 Å². The lowest BCUT2D eigenvalue weighted by atomic mass is 10.2. The number of hydrogen-bond donors (Lipinski definition) is 2. The topological polar surface area (TPSA) is 107 Å². The van der Waals surface area contributed by atoms with Crippen LogP contribution in [0.15, 0.2) is 0 Å². The van der Waals surface area contributed by atoms with Crippen molar-refractivity contribution in [1.82, 2.24) is 19.9 Å². The summed E-state index contributed by atoms with van der Waals surface area (Å²) < 4.78 is 5.57. The highest BCUT2D eigenvalue weighted by atomic mass is 16.5. The second-order valence-corrected chi connectivity index (χ2v) is 4.60. The standard InChI is InChI=1S/C12H17N5O2/c1-5(2)19-11-9-10(16-12(13)17-11)14-6(3)8(15-9)7(4)18/h5,7,18H,1-4H3,(H2,13,14,16,17). The molecule has 0 aliphatic carbocycles. The van der Waals surface area contributed by atoms with Crippen LogP contribution in [-0.2, 0) is 0 Å². The number of nitrogen functional groups attached to an aromatic ring is 1. The minimum Gasteiger partial charge on any atom is -0.473 e. The summed E-state index contributed by atoms with van der Waals surface area (Å²) in [7, 11) is 0. The molecule has 0 aromatic carbocycles. The fraction of sp³-hybridized carbons (Fsp3) is 0.500. The van der Waals surface area contributed by atoms with Crippen molar-refractivity contribution in [2.75, 3.05) is 5.73 Å². The molecule has 7 nitrogen and oxygen atoms in total. The molecule has 19 heavy (non-hydrogen) atoms. The molecule has 0 bridgehead atoms. The number of rotatable bonds is 3. The number of aromatic nitrogens is 4. The van der Waals surface area contributed by atoms with Gasteiger partial charge in [-0.25, -0.2) is 9.97 Å². The molecule has 2 heterocycles. The van der Waals surface area contributed by atoms with Gasteiger partial charge < -0.3 is 15.6 Å². The van der Waals surface area contributed by atoms with Crippen LogP contribution in [0.3, 0.4) is 0 Å². The smallest absolute Gasteiger partial charge is 0.247 e. The van der Waals surface area contributed by atoms with Gasteiger partial charge in [-0.1, -0.05) is 0 Å². The molecule has 1 unspecified atom stereocenters. The van der Waals surface area contributed by atoms with Crippen LogP contribution in [0.1, 0.15) is 38.3 Å².